The molecule has 0 fully saturated rings. The molecule has 3 atom stereocenters. The summed E-state index contributed by atoms with van der Waals surface area (Å²) in [6.45, 7) is 4.31. The quantitative estimate of drug-likeness (QED) is 0.537. The second-order valence-electron chi connectivity index (χ2n) is 3.84. The summed E-state index contributed by atoms with van der Waals surface area (Å²) in [5, 5.41) is 12.0. The van der Waals surface area contributed by atoms with Gasteiger partial charge in [0.2, 0.25) is 5.91 Å². The summed E-state index contributed by atoms with van der Waals surface area (Å²) in [5.41, 5.74) is 5.59. The molecule has 5 nitrogen and oxygen atoms in total. The SMILES string of the molecule is COCC(O)CCNC(=O)C(C)C(C)N. The monoisotopic (exact) mass is 218 g/mol. The van der Waals surface area contributed by atoms with Crippen molar-refractivity contribution in [3.8, 4) is 0 Å². The molecule has 0 rings (SSSR count). The van der Waals surface area contributed by atoms with Crippen molar-refractivity contribution in [2.75, 3.05) is 20.3 Å². The van der Waals surface area contributed by atoms with Crippen LogP contribution in [0.2, 0.25) is 0 Å². The third-order valence-electron chi connectivity index (χ3n) is 2.34. The van der Waals surface area contributed by atoms with Crippen molar-refractivity contribution >= 4 is 5.91 Å². The van der Waals surface area contributed by atoms with Crippen LogP contribution in [0.5, 0.6) is 0 Å². The van der Waals surface area contributed by atoms with Gasteiger partial charge in [-0.3, -0.25) is 4.79 Å². The number of hydrogen-bond acceptors (Lipinski definition) is 4. The maximum absolute atomic E-state index is 11.4. The van der Waals surface area contributed by atoms with Crippen molar-refractivity contribution in [1.29, 1.82) is 0 Å². The molecular weight excluding hydrogens is 196 g/mol. The third kappa shape index (κ3) is 6.43. The number of nitrogens with two attached hydrogens (primary N) is 1. The number of carbonyl (C=O) groups excluding carboxylic acids is 1. The lowest BCUT2D eigenvalue weighted by molar-refractivity contribution is -0.125. The van der Waals surface area contributed by atoms with E-state index >= 15 is 0 Å². The summed E-state index contributed by atoms with van der Waals surface area (Å²) >= 11 is 0. The fraction of sp³-hybridized carbons (Fsp3) is 0.900. The van der Waals surface area contributed by atoms with Gasteiger partial charge in [0.05, 0.1) is 12.7 Å². The molecule has 0 saturated heterocycles. The molecule has 0 aromatic heterocycles. The first-order chi connectivity index (χ1) is 6.99. The minimum absolute atomic E-state index is 0.0744. The minimum atomic E-state index is -0.527. The fourth-order valence-electron chi connectivity index (χ4n) is 1.04. The van der Waals surface area contributed by atoms with E-state index in [1.165, 1.54) is 7.11 Å². The fourth-order valence-corrected chi connectivity index (χ4v) is 1.04. The van der Waals surface area contributed by atoms with Gasteiger partial charge in [0.25, 0.3) is 0 Å². The van der Waals surface area contributed by atoms with Crippen LogP contribution in [0.4, 0.5) is 0 Å². The van der Waals surface area contributed by atoms with E-state index < -0.39 is 6.10 Å². The lowest BCUT2D eigenvalue weighted by Crippen LogP contribution is -2.39. The van der Waals surface area contributed by atoms with E-state index in [0.29, 0.717) is 19.6 Å². The molecule has 0 aliphatic rings. The molecular formula is C10H22N2O3. The Morgan fingerprint density at radius 1 is 1.53 bits per heavy atom. The third-order valence-corrected chi connectivity index (χ3v) is 2.34. The van der Waals surface area contributed by atoms with Gasteiger partial charge >= 0.3 is 0 Å². The van der Waals surface area contributed by atoms with Gasteiger partial charge in [-0.1, -0.05) is 6.92 Å². The Hall–Kier alpha value is -0.650. The van der Waals surface area contributed by atoms with E-state index in [0.717, 1.165) is 0 Å². The molecule has 0 saturated carbocycles. The Bertz CT molecular complexity index is 186. The number of amides is 1. The molecule has 0 aromatic rings. The van der Waals surface area contributed by atoms with Crippen LogP contribution < -0.4 is 11.1 Å². The van der Waals surface area contributed by atoms with Crippen molar-refractivity contribution in [3.63, 3.8) is 0 Å². The van der Waals surface area contributed by atoms with Crippen LogP contribution in [0.25, 0.3) is 0 Å². The van der Waals surface area contributed by atoms with Gasteiger partial charge in [-0.2, -0.15) is 0 Å². The Balaban J connectivity index is 3.63. The molecule has 0 radical (unpaired) electrons. The van der Waals surface area contributed by atoms with E-state index in [-0.39, 0.29) is 17.9 Å². The highest BCUT2D eigenvalue weighted by molar-refractivity contribution is 5.78. The summed E-state index contributed by atoms with van der Waals surface area (Å²) in [7, 11) is 1.53. The first kappa shape index (κ1) is 14.3. The number of methoxy groups -OCH3 is 1. The average Bonchev–Trinajstić information content (AvgIpc) is 2.16. The van der Waals surface area contributed by atoms with Crippen LogP contribution in [0, 0.1) is 5.92 Å². The van der Waals surface area contributed by atoms with Gasteiger partial charge in [0.1, 0.15) is 0 Å². The minimum Gasteiger partial charge on any atom is -0.391 e. The summed E-state index contributed by atoms with van der Waals surface area (Å²) in [4.78, 5) is 11.4. The van der Waals surface area contributed by atoms with Crippen LogP contribution in [-0.2, 0) is 9.53 Å². The van der Waals surface area contributed by atoms with Crippen molar-refractivity contribution in [2.45, 2.75) is 32.4 Å². The maximum atomic E-state index is 11.4. The number of aliphatic hydroxyl groups is 1. The van der Waals surface area contributed by atoms with E-state index in [9.17, 15) is 9.90 Å². The zero-order valence-electron chi connectivity index (χ0n) is 9.69. The van der Waals surface area contributed by atoms with E-state index in [4.69, 9.17) is 10.5 Å². The molecule has 5 heteroatoms. The van der Waals surface area contributed by atoms with Crippen LogP contribution in [0.3, 0.4) is 0 Å². The number of ether oxygens (including phenoxy) is 1. The van der Waals surface area contributed by atoms with Gasteiger partial charge in [-0.05, 0) is 13.3 Å². The second-order valence-corrected chi connectivity index (χ2v) is 3.84. The van der Waals surface area contributed by atoms with Crippen molar-refractivity contribution in [2.24, 2.45) is 11.7 Å². The number of aliphatic hydroxyl groups excluding tert-OH is 1. The number of nitrogens with one attached hydrogen (secondary N) is 1. The highest BCUT2D eigenvalue weighted by Gasteiger charge is 2.16. The predicted octanol–water partition coefficient (Wildman–Crippen LogP) is -0.517. The molecule has 3 unspecified atom stereocenters. The summed E-state index contributed by atoms with van der Waals surface area (Å²) in [6, 6.07) is -0.158. The van der Waals surface area contributed by atoms with Gasteiger partial charge in [-0.25, -0.2) is 0 Å². The van der Waals surface area contributed by atoms with Crippen LogP contribution in [0.1, 0.15) is 20.3 Å². The molecule has 15 heavy (non-hydrogen) atoms. The molecule has 1 amide bonds. The normalized spacial score (nSPS) is 16.9. The lowest BCUT2D eigenvalue weighted by Gasteiger charge is -2.16. The van der Waals surface area contributed by atoms with Crippen molar-refractivity contribution in [3.05, 3.63) is 0 Å². The maximum Gasteiger partial charge on any atom is 0.224 e. The van der Waals surface area contributed by atoms with E-state index in [2.05, 4.69) is 5.32 Å². The Morgan fingerprint density at radius 3 is 2.60 bits per heavy atom. The highest BCUT2D eigenvalue weighted by Crippen LogP contribution is 1.99. The van der Waals surface area contributed by atoms with Crippen molar-refractivity contribution < 1.29 is 14.6 Å². The van der Waals surface area contributed by atoms with Crippen molar-refractivity contribution in [1.82, 2.24) is 5.32 Å². The Morgan fingerprint density at radius 2 is 2.13 bits per heavy atom. The molecule has 0 aliphatic carbocycles. The van der Waals surface area contributed by atoms with Gasteiger partial charge in [0, 0.05) is 25.6 Å². The molecule has 4 N–H and O–H groups in total. The molecule has 0 aliphatic heterocycles. The molecule has 90 valence electrons. The molecule has 0 aromatic carbocycles. The summed E-state index contributed by atoms with van der Waals surface area (Å²) in [5.74, 6) is -0.279. The largest absolute Gasteiger partial charge is 0.391 e. The first-order valence-electron chi connectivity index (χ1n) is 5.19. The topological polar surface area (TPSA) is 84.6 Å². The molecule has 0 bridgehead atoms. The smallest absolute Gasteiger partial charge is 0.224 e. The zero-order chi connectivity index (χ0) is 11.8. The molecule has 0 heterocycles. The van der Waals surface area contributed by atoms with Crippen LogP contribution in [0.15, 0.2) is 0 Å². The first-order valence-corrected chi connectivity index (χ1v) is 5.19. The number of rotatable bonds is 7. The number of carbonyl (C=O) groups is 1. The van der Waals surface area contributed by atoms with Crippen LogP contribution in [-0.4, -0.2) is 43.4 Å². The average molecular weight is 218 g/mol. The Labute approximate surface area is 91.0 Å². The molecule has 0 spiro atoms. The zero-order valence-corrected chi connectivity index (χ0v) is 9.69. The standard InChI is InChI=1S/C10H22N2O3/c1-7(8(2)11)10(14)12-5-4-9(13)6-15-3/h7-9,13H,4-6,11H2,1-3H3,(H,12,14). The summed E-state index contributed by atoms with van der Waals surface area (Å²) < 4.78 is 4.76. The Kier molecular flexibility index (Phi) is 7.29. The van der Waals surface area contributed by atoms with Gasteiger partial charge < -0.3 is 20.9 Å². The van der Waals surface area contributed by atoms with Gasteiger partial charge in [-0.15, -0.1) is 0 Å². The van der Waals surface area contributed by atoms with E-state index in [1.807, 2.05) is 0 Å². The predicted molar refractivity (Wildman–Crippen MR) is 58.3 cm³/mol. The van der Waals surface area contributed by atoms with Gasteiger partial charge in [0.15, 0.2) is 0 Å². The van der Waals surface area contributed by atoms with Crippen LogP contribution >= 0.6 is 0 Å². The summed E-state index contributed by atoms with van der Waals surface area (Å²) in [6.07, 6.45) is -0.0356. The lowest BCUT2D eigenvalue weighted by atomic mass is 10.0. The second kappa shape index (κ2) is 7.62. The van der Waals surface area contributed by atoms with E-state index in [1.54, 1.807) is 13.8 Å². The highest BCUT2D eigenvalue weighted by atomic mass is 16.5. The number of hydrogen-bond donors (Lipinski definition) is 3.